The molecule has 3 aromatic rings. The number of hydrogen-bond donors (Lipinski definition) is 1. The largest absolute Gasteiger partial charge is 0.444 e. The van der Waals surface area contributed by atoms with Crippen LogP contribution < -0.4 is 9.88 Å². The number of amides is 3. The summed E-state index contributed by atoms with van der Waals surface area (Å²) in [6.45, 7) is 11.8. The quantitative estimate of drug-likeness (QED) is 0.290. The highest BCUT2D eigenvalue weighted by Crippen LogP contribution is 2.26. The van der Waals surface area contributed by atoms with Crippen LogP contribution in [-0.2, 0) is 30.8 Å². The van der Waals surface area contributed by atoms with Gasteiger partial charge < -0.3 is 10.1 Å². The van der Waals surface area contributed by atoms with Crippen molar-refractivity contribution in [3.8, 4) is 0 Å². The van der Waals surface area contributed by atoms with Gasteiger partial charge in [-0.15, -0.1) is 0 Å². The minimum atomic E-state index is -0.527. The third kappa shape index (κ3) is 4.85. The second-order valence-electron chi connectivity index (χ2n) is 9.96. The van der Waals surface area contributed by atoms with Crippen LogP contribution in [0.5, 0.6) is 0 Å². The van der Waals surface area contributed by atoms with Crippen LogP contribution in [0, 0.1) is 0 Å². The van der Waals surface area contributed by atoms with Crippen LogP contribution in [0.3, 0.4) is 0 Å². The molecule has 2 aromatic carbocycles. The number of ether oxygens (including phenoxy) is 1. The Morgan fingerprint density at radius 1 is 1.00 bits per heavy atom. The fraction of sp³-hybridized carbons (Fsp3) is 0.429. The van der Waals surface area contributed by atoms with Crippen molar-refractivity contribution in [3.05, 3.63) is 65.0 Å². The molecule has 0 fully saturated rings. The minimum Gasteiger partial charge on any atom is -0.444 e. The van der Waals surface area contributed by atoms with E-state index in [1.807, 2.05) is 26.8 Å². The first-order valence-electron chi connectivity index (χ1n) is 12.6. The van der Waals surface area contributed by atoms with Gasteiger partial charge in [-0.2, -0.15) is 0 Å². The molecule has 3 amide bonds. The lowest BCUT2D eigenvalue weighted by atomic mass is 10.1. The summed E-state index contributed by atoms with van der Waals surface area (Å²) in [4.78, 5) is 39.4. The van der Waals surface area contributed by atoms with E-state index in [0.717, 1.165) is 35.3 Å². The minimum absolute atomic E-state index is 0.211. The highest BCUT2D eigenvalue weighted by molar-refractivity contribution is 6.21. The fourth-order valence-electron chi connectivity index (χ4n) is 4.89. The Morgan fingerprint density at radius 2 is 1.67 bits per heavy atom. The predicted molar refractivity (Wildman–Crippen MR) is 137 cm³/mol. The molecular formula is C28H35N4O4+. The Labute approximate surface area is 211 Å². The molecule has 0 aliphatic carbocycles. The standard InChI is InChI=1S/C28H34N4O4/c1-6-30-22-16-10-12-19(13-11-17-29-27(35)36-28(3,4)5)24(22)31(7-2)23(30)18-32-25(33)20-14-8-9-15-21(20)26(32)34/h8-10,12,14-16H,6-7,11,13,17-18H2,1-5H3/p+1. The zero-order valence-corrected chi connectivity index (χ0v) is 21.8. The van der Waals surface area contributed by atoms with Gasteiger partial charge in [0, 0.05) is 12.1 Å². The number of carbonyl (C=O) groups is 3. The second-order valence-corrected chi connectivity index (χ2v) is 9.96. The van der Waals surface area contributed by atoms with Crippen LogP contribution in [0.1, 0.15) is 73.1 Å². The number of imidazole rings is 1. The number of alkyl carbamates (subject to hydrolysis) is 1. The molecule has 1 aromatic heterocycles. The van der Waals surface area contributed by atoms with E-state index in [1.165, 1.54) is 4.90 Å². The molecule has 36 heavy (non-hydrogen) atoms. The smallest absolute Gasteiger partial charge is 0.407 e. The molecule has 8 nitrogen and oxygen atoms in total. The van der Waals surface area contributed by atoms with Gasteiger partial charge >= 0.3 is 6.09 Å². The summed E-state index contributed by atoms with van der Waals surface area (Å²) < 4.78 is 9.71. The molecule has 0 saturated carbocycles. The van der Waals surface area contributed by atoms with E-state index < -0.39 is 11.7 Å². The number of aryl methyl sites for hydroxylation is 3. The van der Waals surface area contributed by atoms with Crippen LogP contribution in [0.4, 0.5) is 4.79 Å². The lowest BCUT2D eigenvalue weighted by molar-refractivity contribution is -0.677. The average Bonchev–Trinajstić information content (AvgIpc) is 3.27. The van der Waals surface area contributed by atoms with Gasteiger partial charge in [-0.05, 0) is 65.7 Å². The normalized spacial score (nSPS) is 13.4. The van der Waals surface area contributed by atoms with Gasteiger partial charge in [-0.25, -0.2) is 13.9 Å². The Kier molecular flexibility index (Phi) is 7.15. The molecule has 0 saturated heterocycles. The van der Waals surface area contributed by atoms with Gasteiger partial charge in [0.05, 0.1) is 24.2 Å². The highest BCUT2D eigenvalue weighted by atomic mass is 16.6. The Hall–Kier alpha value is -3.68. The Balaban J connectivity index is 1.59. The van der Waals surface area contributed by atoms with Crippen molar-refractivity contribution in [2.75, 3.05) is 6.54 Å². The summed E-state index contributed by atoms with van der Waals surface area (Å²) in [6.07, 6.45) is 1.12. The molecule has 190 valence electrons. The van der Waals surface area contributed by atoms with E-state index in [2.05, 4.69) is 40.4 Å². The van der Waals surface area contributed by atoms with Crippen LogP contribution in [0.15, 0.2) is 42.5 Å². The van der Waals surface area contributed by atoms with Crippen molar-refractivity contribution in [2.45, 2.75) is 72.7 Å². The summed E-state index contributed by atoms with van der Waals surface area (Å²) in [5, 5.41) is 2.83. The zero-order valence-electron chi connectivity index (χ0n) is 21.8. The third-order valence-electron chi connectivity index (χ3n) is 6.38. The topological polar surface area (TPSA) is 84.5 Å². The van der Waals surface area contributed by atoms with E-state index in [9.17, 15) is 14.4 Å². The number of nitrogens with one attached hydrogen (secondary N) is 1. The first-order valence-corrected chi connectivity index (χ1v) is 12.6. The van der Waals surface area contributed by atoms with E-state index in [0.29, 0.717) is 30.8 Å². The van der Waals surface area contributed by atoms with Crippen LogP contribution >= 0.6 is 0 Å². The summed E-state index contributed by atoms with van der Waals surface area (Å²) in [7, 11) is 0. The number of nitrogens with zero attached hydrogens (tertiary/aromatic N) is 3. The van der Waals surface area contributed by atoms with Gasteiger partial charge in [-0.3, -0.25) is 14.5 Å². The molecule has 1 aliphatic heterocycles. The maximum Gasteiger partial charge on any atom is 0.407 e. The van der Waals surface area contributed by atoms with Gasteiger partial charge in [0.15, 0.2) is 11.0 Å². The van der Waals surface area contributed by atoms with E-state index in [1.54, 1.807) is 24.3 Å². The lowest BCUT2D eigenvalue weighted by Gasteiger charge is -2.19. The molecule has 1 N–H and O–H groups in total. The van der Waals surface area contributed by atoms with Gasteiger partial charge in [0.2, 0.25) is 0 Å². The number of hydrogen-bond acceptors (Lipinski definition) is 4. The molecule has 0 spiro atoms. The van der Waals surface area contributed by atoms with Crippen molar-refractivity contribution < 1.29 is 23.7 Å². The molecule has 4 rings (SSSR count). The Bertz CT molecular complexity index is 1280. The Morgan fingerprint density at radius 3 is 2.25 bits per heavy atom. The van der Waals surface area contributed by atoms with Gasteiger partial charge in [-0.1, -0.05) is 24.3 Å². The first kappa shape index (κ1) is 25.4. The molecule has 0 atom stereocenters. The number of imide groups is 1. The van der Waals surface area contributed by atoms with Crippen molar-refractivity contribution in [1.82, 2.24) is 14.8 Å². The van der Waals surface area contributed by atoms with Crippen LogP contribution in [-0.4, -0.2) is 39.5 Å². The third-order valence-corrected chi connectivity index (χ3v) is 6.38. The second kappa shape index (κ2) is 10.1. The molecule has 8 heteroatoms. The maximum absolute atomic E-state index is 13.1. The number of benzene rings is 2. The lowest BCUT2D eigenvalue weighted by Crippen LogP contribution is -2.42. The number of aromatic nitrogens is 2. The van der Waals surface area contributed by atoms with Crippen molar-refractivity contribution >= 4 is 28.9 Å². The summed E-state index contributed by atoms with van der Waals surface area (Å²) in [5.41, 5.74) is 3.73. The SMILES string of the molecule is CCn1c(CN2C(=O)c3ccccc3C2=O)[n+](CC)c2c(CCCNC(=O)OC(C)(C)C)cccc21. The van der Waals surface area contributed by atoms with E-state index >= 15 is 0 Å². The predicted octanol–water partition coefficient (Wildman–Crippen LogP) is 4.22. The first-order chi connectivity index (χ1) is 17.2. The van der Waals surface area contributed by atoms with E-state index in [-0.39, 0.29) is 18.4 Å². The highest BCUT2D eigenvalue weighted by Gasteiger charge is 2.38. The fourth-order valence-corrected chi connectivity index (χ4v) is 4.89. The van der Waals surface area contributed by atoms with Crippen LogP contribution in [0.25, 0.3) is 11.0 Å². The van der Waals surface area contributed by atoms with Gasteiger partial charge in [0.25, 0.3) is 17.6 Å². The monoisotopic (exact) mass is 491 g/mol. The average molecular weight is 492 g/mol. The number of rotatable bonds is 8. The maximum atomic E-state index is 13.1. The molecule has 0 radical (unpaired) electrons. The number of para-hydroxylation sites is 1. The molecule has 0 unspecified atom stereocenters. The summed E-state index contributed by atoms with van der Waals surface area (Å²) in [5.74, 6) is 0.419. The summed E-state index contributed by atoms with van der Waals surface area (Å²) in [6, 6.07) is 13.2. The van der Waals surface area contributed by atoms with Crippen molar-refractivity contribution in [3.63, 3.8) is 0 Å². The zero-order chi connectivity index (χ0) is 26.0. The molecule has 0 bridgehead atoms. The van der Waals surface area contributed by atoms with Crippen molar-refractivity contribution in [1.29, 1.82) is 0 Å². The number of carbonyl (C=O) groups excluding carboxylic acids is 3. The molecule has 2 heterocycles. The molecule has 1 aliphatic rings. The summed E-state index contributed by atoms with van der Waals surface area (Å²) >= 11 is 0. The van der Waals surface area contributed by atoms with Gasteiger partial charge in [0.1, 0.15) is 12.1 Å². The van der Waals surface area contributed by atoms with Crippen LogP contribution in [0.2, 0.25) is 0 Å². The van der Waals surface area contributed by atoms with Crippen molar-refractivity contribution in [2.24, 2.45) is 0 Å². The molecular weight excluding hydrogens is 456 g/mol. The number of fused-ring (bicyclic) bond motifs is 2. The van der Waals surface area contributed by atoms with E-state index in [4.69, 9.17) is 4.74 Å².